The Morgan fingerprint density at radius 2 is 1.81 bits per heavy atom. The molecule has 0 spiro atoms. The molecule has 0 radical (unpaired) electrons. The smallest absolute Gasteiger partial charge is 0.329 e. The van der Waals surface area contributed by atoms with E-state index in [0.29, 0.717) is 19.4 Å². The Kier molecular flexibility index (Phi) is 6.17. The largest absolute Gasteiger partial charge is 0.480 e. The maximum Gasteiger partial charge on any atom is 0.329 e. The molecule has 120 valence electrons. The Balaban J connectivity index is 1.73. The fourth-order valence-electron chi connectivity index (χ4n) is 2.96. The highest BCUT2D eigenvalue weighted by Crippen LogP contribution is 2.28. The highest BCUT2D eigenvalue weighted by Gasteiger charge is 2.40. The molecule has 1 saturated heterocycles. The van der Waals surface area contributed by atoms with Gasteiger partial charge in [-0.05, 0) is 12.8 Å². The summed E-state index contributed by atoms with van der Waals surface area (Å²) in [6.07, 6.45) is 3.82. The van der Waals surface area contributed by atoms with E-state index >= 15 is 0 Å². The van der Waals surface area contributed by atoms with Gasteiger partial charge in [0.1, 0.15) is 5.54 Å². The highest BCUT2D eigenvalue weighted by molar-refractivity contribution is 7.99. The molecule has 0 aromatic heterocycles. The second-order valence-corrected chi connectivity index (χ2v) is 7.01. The summed E-state index contributed by atoms with van der Waals surface area (Å²) in [4.78, 5) is 25.8. The number of carbonyl (C=O) groups is 2. The summed E-state index contributed by atoms with van der Waals surface area (Å²) in [7, 11) is 0. The number of hydrogen-bond donors (Lipinski definition) is 3. The number of carboxylic acids is 1. The third-order valence-electron chi connectivity index (χ3n) is 4.29. The number of amides is 2. The summed E-state index contributed by atoms with van der Waals surface area (Å²) in [5.41, 5.74) is -1.07. The van der Waals surface area contributed by atoms with Gasteiger partial charge in [-0.15, -0.1) is 0 Å². The van der Waals surface area contributed by atoms with Crippen molar-refractivity contribution in [2.45, 2.75) is 37.6 Å². The minimum absolute atomic E-state index is 0.356. The standard InChI is InChI=1S/C14H25N3O3S/c18-12(19)14(4-2-1-3-5-14)16-13(20)15-6-7-17-8-10-21-11-9-17/h1-11H2,(H,18,19)(H2,15,16,20). The zero-order chi connectivity index (χ0) is 15.1. The third kappa shape index (κ3) is 4.78. The van der Waals surface area contributed by atoms with Crippen LogP contribution in [0.1, 0.15) is 32.1 Å². The lowest BCUT2D eigenvalue weighted by Gasteiger charge is -2.34. The monoisotopic (exact) mass is 315 g/mol. The van der Waals surface area contributed by atoms with Crippen LogP contribution in [0.25, 0.3) is 0 Å². The van der Waals surface area contributed by atoms with E-state index in [1.165, 1.54) is 0 Å². The first-order valence-electron chi connectivity index (χ1n) is 7.72. The van der Waals surface area contributed by atoms with Crippen LogP contribution in [0.5, 0.6) is 0 Å². The topological polar surface area (TPSA) is 81.7 Å². The second kappa shape index (κ2) is 7.89. The molecule has 7 heteroatoms. The van der Waals surface area contributed by atoms with Gasteiger partial charge < -0.3 is 15.7 Å². The summed E-state index contributed by atoms with van der Waals surface area (Å²) >= 11 is 1.96. The van der Waals surface area contributed by atoms with Gasteiger partial charge in [-0.1, -0.05) is 19.3 Å². The zero-order valence-corrected chi connectivity index (χ0v) is 13.2. The molecule has 2 amide bonds. The van der Waals surface area contributed by atoms with Gasteiger partial charge in [-0.2, -0.15) is 11.8 Å². The number of rotatable bonds is 5. The van der Waals surface area contributed by atoms with Crippen molar-refractivity contribution >= 4 is 23.8 Å². The van der Waals surface area contributed by atoms with Crippen LogP contribution in [-0.4, -0.2) is 65.2 Å². The number of nitrogens with one attached hydrogen (secondary N) is 2. The molecular formula is C14H25N3O3S. The lowest BCUT2D eigenvalue weighted by molar-refractivity contribution is -0.145. The highest BCUT2D eigenvalue weighted by atomic mass is 32.2. The second-order valence-electron chi connectivity index (χ2n) is 5.78. The Hall–Kier alpha value is -0.950. The van der Waals surface area contributed by atoms with Crippen molar-refractivity contribution in [3.05, 3.63) is 0 Å². The van der Waals surface area contributed by atoms with Gasteiger partial charge in [-0.3, -0.25) is 4.90 Å². The normalized spacial score (nSPS) is 22.5. The molecule has 6 nitrogen and oxygen atoms in total. The number of nitrogens with zero attached hydrogens (tertiary/aromatic N) is 1. The van der Waals surface area contributed by atoms with Crippen molar-refractivity contribution < 1.29 is 14.7 Å². The average molecular weight is 315 g/mol. The van der Waals surface area contributed by atoms with Gasteiger partial charge in [0.05, 0.1) is 0 Å². The molecule has 0 atom stereocenters. The fraction of sp³-hybridized carbons (Fsp3) is 0.857. The molecule has 0 bridgehead atoms. The number of aliphatic carboxylic acids is 1. The first-order valence-corrected chi connectivity index (χ1v) is 8.87. The first kappa shape index (κ1) is 16.4. The average Bonchev–Trinajstić information content (AvgIpc) is 2.49. The van der Waals surface area contributed by atoms with E-state index in [1.807, 2.05) is 11.8 Å². The van der Waals surface area contributed by atoms with Gasteiger partial charge >= 0.3 is 12.0 Å². The van der Waals surface area contributed by atoms with Gasteiger partial charge in [0, 0.05) is 37.7 Å². The molecule has 21 heavy (non-hydrogen) atoms. The molecule has 3 N–H and O–H groups in total. The molecule has 2 fully saturated rings. The maximum atomic E-state index is 12.0. The summed E-state index contributed by atoms with van der Waals surface area (Å²) in [5.74, 6) is 1.38. The lowest BCUT2D eigenvalue weighted by Crippen LogP contribution is -2.58. The molecule has 1 aliphatic heterocycles. The number of thioether (sulfide) groups is 1. The van der Waals surface area contributed by atoms with E-state index in [2.05, 4.69) is 15.5 Å². The molecule has 1 heterocycles. The van der Waals surface area contributed by atoms with E-state index in [9.17, 15) is 14.7 Å². The summed E-state index contributed by atoms with van der Waals surface area (Å²) in [6.45, 7) is 3.51. The molecule has 1 saturated carbocycles. The van der Waals surface area contributed by atoms with Crippen LogP contribution < -0.4 is 10.6 Å². The molecule has 2 aliphatic rings. The van der Waals surface area contributed by atoms with Crippen LogP contribution in [-0.2, 0) is 4.79 Å². The van der Waals surface area contributed by atoms with Crippen LogP contribution in [0.4, 0.5) is 4.79 Å². The quantitative estimate of drug-likeness (QED) is 0.708. The van der Waals surface area contributed by atoms with E-state index in [4.69, 9.17) is 0 Å². The van der Waals surface area contributed by atoms with Crippen molar-refractivity contribution in [2.24, 2.45) is 0 Å². The van der Waals surface area contributed by atoms with Crippen molar-refractivity contribution in [3.8, 4) is 0 Å². The van der Waals surface area contributed by atoms with Crippen molar-refractivity contribution in [3.63, 3.8) is 0 Å². The fourth-order valence-corrected chi connectivity index (χ4v) is 3.94. The van der Waals surface area contributed by atoms with Gasteiger partial charge in [0.25, 0.3) is 0 Å². The number of urea groups is 1. The zero-order valence-electron chi connectivity index (χ0n) is 12.4. The number of hydrogen-bond acceptors (Lipinski definition) is 4. The molecule has 0 aromatic carbocycles. The van der Waals surface area contributed by atoms with Crippen LogP contribution in [0.15, 0.2) is 0 Å². The number of carbonyl (C=O) groups excluding carboxylic acids is 1. The van der Waals surface area contributed by atoms with Gasteiger partial charge in [-0.25, -0.2) is 9.59 Å². The molecule has 0 unspecified atom stereocenters. The lowest BCUT2D eigenvalue weighted by atomic mass is 9.82. The Labute approximate surface area is 130 Å². The van der Waals surface area contributed by atoms with E-state index in [0.717, 1.165) is 50.4 Å². The Morgan fingerprint density at radius 1 is 1.14 bits per heavy atom. The summed E-state index contributed by atoms with van der Waals surface area (Å²) in [5, 5.41) is 14.9. The summed E-state index contributed by atoms with van der Waals surface area (Å²) < 4.78 is 0. The minimum Gasteiger partial charge on any atom is -0.480 e. The predicted molar refractivity (Wildman–Crippen MR) is 83.8 cm³/mol. The minimum atomic E-state index is -1.07. The van der Waals surface area contributed by atoms with Gasteiger partial charge in [0.15, 0.2) is 0 Å². The summed E-state index contributed by atoms with van der Waals surface area (Å²) in [6, 6.07) is -0.356. The number of carboxylic acid groups (broad SMARTS) is 1. The SMILES string of the molecule is O=C(NCCN1CCSCC1)NC1(C(=O)O)CCCCC1. The Morgan fingerprint density at radius 3 is 2.43 bits per heavy atom. The predicted octanol–water partition coefficient (Wildman–Crippen LogP) is 1.12. The molecular weight excluding hydrogens is 290 g/mol. The molecule has 1 aliphatic carbocycles. The van der Waals surface area contributed by atoms with E-state index in [-0.39, 0.29) is 6.03 Å². The van der Waals surface area contributed by atoms with Crippen LogP contribution in [0.3, 0.4) is 0 Å². The van der Waals surface area contributed by atoms with E-state index < -0.39 is 11.5 Å². The molecule has 0 aromatic rings. The van der Waals surface area contributed by atoms with E-state index in [1.54, 1.807) is 0 Å². The van der Waals surface area contributed by atoms with Crippen molar-refractivity contribution in [1.29, 1.82) is 0 Å². The van der Waals surface area contributed by atoms with Crippen LogP contribution in [0.2, 0.25) is 0 Å². The van der Waals surface area contributed by atoms with Crippen LogP contribution >= 0.6 is 11.8 Å². The first-order chi connectivity index (χ1) is 10.1. The Bertz CT molecular complexity index is 366. The third-order valence-corrected chi connectivity index (χ3v) is 5.23. The van der Waals surface area contributed by atoms with Crippen molar-refractivity contribution in [1.82, 2.24) is 15.5 Å². The van der Waals surface area contributed by atoms with Crippen molar-refractivity contribution in [2.75, 3.05) is 37.7 Å². The maximum absolute atomic E-state index is 12.0. The van der Waals surface area contributed by atoms with Crippen LogP contribution in [0, 0.1) is 0 Å². The van der Waals surface area contributed by atoms with Gasteiger partial charge in [0.2, 0.25) is 0 Å². The molecule has 2 rings (SSSR count).